The van der Waals surface area contributed by atoms with Crippen LogP contribution in [0.1, 0.15) is 43.1 Å². The maximum absolute atomic E-state index is 13.1. The van der Waals surface area contributed by atoms with Gasteiger partial charge in [-0.05, 0) is 50.7 Å². The molecule has 0 unspecified atom stereocenters. The third kappa shape index (κ3) is 2.23. The molecule has 1 atom stereocenters. The zero-order valence-electron chi connectivity index (χ0n) is 15.0. The number of para-hydroxylation sites is 1. The predicted molar refractivity (Wildman–Crippen MR) is 101 cm³/mol. The largest absolute Gasteiger partial charge is 0.339 e. The van der Waals surface area contributed by atoms with Gasteiger partial charge >= 0.3 is 0 Å². The Morgan fingerprint density at radius 3 is 2.68 bits per heavy atom. The zero-order valence-corrected chi connectivity index (χ0v) is 15.0. The minimum atomic E-state index is 0.186. The van der Waals surface area contributed by atoms with Gasteiger partial charge in [-0.3, -0.25) is 4.79 Å². The number of likely N-dealkylation sites (tertiary alicyclic amines) is 1. The highest BCUT2D eigenvalue weighted by atomic mass is 16.2. The topological polar surface area (TPSA) is 30.2 Å². The van der Waals surface area contributed by atoms with E-state index >= 15 is 0 Å². The summed E-state index contributed by atoms with van der Waals surface area (Å²) >= 11 is 0. The molecule has 0 spiro atoms. The molecular weight excluding hydrogens is 310 g/mol. The summed E-state index contributed by atoms with van der Waals surface area (Å²) in [7, 11) is 2.05. The van der Waals surface area contributed by atoms with Gasteiger partial charge in [0.15, 0.2) is 0 Å². The molecule has 4 heteroatoms. The van der Waals surface area contributed by atoms with Crippen LogP contribution >= 0.6 is 0 Å². The van der Waals surface area contributed by atoms with E-state index < -0.39 is 0 Å². The Hall–Kier alpha value is -2.23. The number of carbonyl (C=O) groups excluding carboxylic acids is 1. The van der Waals surface area contributed by atoms with Gasteiger partial charge in [0.25, 0.3) is 5.91 Å². The van der Waals surface area contributed by atoms with Crippen LogP contribution in [0.3, 0.4) is 0 Å². The Labute approximate surface area is 148 Å². The summed E-state index contributed by atoms with van der Waals surface area (Å²) in [6, 6.07) is 11.1. The molecule has 2 aliphatic rings. The van der Waals surface area contributed by atoms with Crippen LogP contribution < -0.4 is 0 Å². The van der Waals surface area contributed by atoms with Crippen LogP contribution in [0.2, 0.25) is 0 Å². The fourth-order valence-electron chi connectivity index (χ4n) is 4.49. The van der Waals surface area contributed by atoms with Crippen molar-refractivity contribution < 1.29 is 4.79 Å². The second-order valence-electron chi connectivity index (χ2n) is 7.88. The molecule has 25 heavy (non-hydrogen) atoms. The van der Waals surface area contributed by atoms with E-state index in [2.05, 4.69) is 46.4 Å². The summed E-state index contributed by atoms with van der Waals surface area (Å²) in [5.74, 6) is 0.989. The molecule has 5 rings (SSSR count). The molecule has 1 saturated carbocycles. The van der Waals surface area contributed by atoms with Crippen molar-refractivity contribution in [3.8, 4) is 0 Å². The Morgan fingerprint density at radius 1 is 1.16 bits per heavy atom. The van der Waals surface area contributed by atoms with Gasteiger partial charge in [-0.15, -0.1) is 0 Å². The van der Waals surface area contributed by atoms with Crippen molar-refractivity contribution in [3.63, 3.8) is 0 Å². The van der Waals surface area contributed by atoms with Crippen molar-refractivity contribution in [2.24, 2.45) is 13.0 Å². The quantitative estimate of drug-likeness (QED) is 0.706. The second kappa shape index (κ2) is 5.38. The SMILES string of the molecule is C[C@H]1CCCN1C(=O)c1cc2c(c3ccccc3n2CC2CC2)n1C. The fourth-order valence-corrected chi connectivity index (χ4v) is 4.49. The summed E-state index contributed by atoms with van der Waals surface area (Å²) in [6.45, 7) is 4.12. The highest BCUT2D eigenvalue weighted by Crippen LogP contribution is 2.37. The summed E-state index contributed by atoms with van der Waals surface area (Å²) in [5, 5.41) is 1.26. The summed E-state index contributed by atoms with van der Waals surface area (Å²) in [6.07, 6.45) is 4.90. The Balaban J connectivity index is 1.69. The molecule has 1 aromatic carbocycles. The average molecular weight is 335 g/mol. The van der Waals surface area contributed by atoms with E-state index in [-0.39, 0.29) is 5.91 Å². The number of aromatic nitrogens is 2. The first-order valence-electron chi connectivity index (χ1n) is 9.53. The minimum Gasteiger partial charge on any atom is -0.339 e. The molecule has 130 valence electrons. The van der Waals surface area contributed by atoms with Crippen LogP contribution in [0.15, 0.2) is 30.3 Å². The first kappa shape index (κ1) is 15.1. The van der Waals surface area contributed by atoms with Crippen molar-refractivity contribution in [1.29, 1.82) is 0 Å². The van der Waals surface area contributed by atoms with Gasteiger partial charge in [-0.2, -0.15) is 0 Å². The van der Waals surface area contributed by atoms with E-state index in [0.29, 0.717) is 6.04 Å². The van der Waals surface area contributed by atoms with Crippen molar-refractivity contribution in [3.05, 3.63) is 36.0 Å². The standard InChI is InChI=1S/C21H25N3O/c1-14-6-5-11-23(14)21(25)19-12-18-20(22(19)2)16-7-3-4-8-17(16)24(18)13-15-9-10-15/h3-4,7-8,12,14-15H,5-6,9-11,13H2,1-2H3/t14-/m0/s1. The molecule has 0 N–H and O–H groups in total. The van der Waals surface area contributed by atoms with Crippen molar-refractivity contribution in [1.82, 2.24) is 14.0 Å². The summed E-state index contributed by atoms with van der Waals surface area (Å²) in [5.41, 5.74) is 4.54. The molecule has 1 saturated heterocycles. The van der Waals surface area contributed by atoms with Gasteiger partial charge in [0.2, 0.25) is 0 Å². The molecule has 2 aromatic heterocycles. The highest BCUT2D eigenvalue weighted by Gasteiger charge is 2.30. The van der Waals surface area contributed by atoms with Crippen molar-refractivity contribution >= 4 is 27.8 Å². The molecule has 1 aliphatic heterocycles. The Bertz CT molecular complexity index is 976. The Morgan fingerprint density at radius 2 is 1.96 bits per heavy atom. The molecule has 3 aromatic rings. The number of fused-ring (bicyclic) bond motifs is 3. The third-order valence-corrected chi connectivity index (χ3v) is 6.12. The van der Waals surface area contributed by atoms with E-state index in [1.807, 2.05) is 11.9 Å². The second-order valence-corrected chi connectivity index (χ2v) is 7.88. The molecular formula is C21H25N3O. The Kier molecular flexibility index (Phi) is 3.24. The zero-order chi connectivity index (χ0) is 17.1. The molecule has 4 nitrogen and oxygen atoms in total. The molecule has 2 fully saturated rings. The average Bonchev–Trinajstić information content (AvgIpc) is 3.11. The normalized spacial score (nSPS) is 20.9. The van der Waals surface area contributed by atoms with E-state index in [9.17, 15) is 4.79 Å². The van der Waals surface area contributed by atoms with Crippen LogP contribution in [0.4, 0.5) is 0 Å². The lowest BCUT2D eigenvalue weighted by Crippen LogP contribution is -2.34. The first-order valence-corrected chi connectivity index (χ1v) is 9.53. The van der Waals surface area contributed by atoms with E-state index in [0.717, 1.165) is 37.5 Å². The maximum atomic E-state index is 13.1. The van der Waals surface area contributed by atoms with Crippen LogP contribution in [0.25, 0.3) is 21.9 Å². The summed E-state index contributed by atoms with van der Waals surface area (Å²) < 4.78 is 4.56. The van der Waals surface area contributed by atoms with Gasteiger partial charge in [0.1, 0.15) is 5.69 Å². The number of rotatable bonds is 3. The van der Waals surface area contributed by atoms with Gasteiger partial charge in [-0.25, -0.2) is 0 Å². The monoisotopic (exact) mass is 335 g/mol. The summed E-state index contributed by atoms with van der Waals surface area (Å²) in [4.78, 5) is 15.2. The number of hydrogen-bond donors (Lipinski definition) is 0. The molecule has 1 aliphatic carbocycles. The van der Waals surface area contributed by atoms with E-state index in [1.54, 1.807) is 0 Å². The number of nitrogens with zero attached hydrogens (tertiary/aromatic N) is 3. The van der Waals surface area contributed by atoms with Crippen LogP contribution in [0, 0.1) is 5.92 Å². The van der Waals surface area contributed by atoms with Crippen molar-refractivity contribution in [2.45, 2.75) is 45.2 Å². The predicted octanol–water partition coefficient (Wildman–Crippen LogP) is 4.17. The van der Waals surface area contributed by atoms with Gasteiger partial charge in [-0.1, -0.05) is 18.2 Å². The fraction of sp³-hybridized carbons (Fsp3) is 0.476. The molecule has 1 amide bonds. The highest BCUT2D eigenvalue weighted by molar-refractivity contribution is 6.10. The lowest BCUT2D eigenvalue weighted by atomic mass is 10.2. The smallest absolute Gasteiger partial charge is 0.270 e. The van der Waals surface area contributed by atoms with Crippen LogP contribution in [0.5, 0.6) is 0 Å². The van der Waals surface area contributed by atoms with Gasteiger partial charge < -0.3 is 14.0 Å². The first-order chi connectivity index (χ1) is 12.1. The third-order valence-electron chi connectivity index (χ3n) is 6.12. The lowest BCUT2D eigenvalue weighted by molar-refractivity contribution is 0.0738. The van der Waals surface area contributed by atoms with Gasteiger partial charge in [0.05, 0.1) is 16.6 Å². The van der Waals surface area contributed by atoms with Crippen molar-refractivity contribution in [2.75, 3.05) is 6.54 Å². The number of benzene rings is 1. The van der Waals surface area contributed by atoms with Gasteiger partial charge in [0, 0.05) is 31.6 Å². The van der Waals surface area contributed by atoms with Crippen LogP contribution in [-0.2, 0) is 13.6 Å². The number of amides is 1. The number of aryl methyl sites for hydroxylation is 1. The number of carbonyl (C=O) groups is 1. The molecule has 0 radical (unpaired) electrons. The van der Waals surface area contributed by atoms with E-state index in [1.165, 1.54) is 34.8 Å². The lowest BCUT2D eigenvalue weighted by Gasteiger charge is -2.21. The van der Waals surface area contributed by atoms with E-state index in [4.69, 9.17) is 0 Å². The maximum Gasteiger partial charge on any atom is 0.270 e. The number of hydrogen-bond acceptors (Lipinski definition) is 1. The molecule has 0 bridgehead atoms. The molecule has 3 heterocycles. The minimum absolute atomic E-state index is 0.186. The van der Waals surface area contributed by atoms with Crippen LogP contribution in [-0.4, -0.2) is 32.5 Å².